The normalized spacial score (nSPS) is 29.6. The van der Waals surface area contributed by atoms with Crippen molar-refractivity contribution in [3.63, 3.8) is 0 Å². The highest BCUT2D eigenvalue weighted by Crippen LogP contribution is 2.60. The maximum Gasteiger partial charge on any atom is 0.256 e. The summed E-state index contributed by atoms with van der Waals surface area (Å²) in [6.45, 7) is 0. The summed E-state index contributed by atoms with van der Waals surface area (Å²) in [7, 11) is 0. The van der Waals surface area contributed by atoms with Gasteiger partial charge in [-0.2, -0.15) is 0 Å². The van der Waals surface area contributed by atoms with Crippen molar-refractivity contribution >= 4 is 11.4 Å². The number of phenols is 2. The summed E-state index contributed by atoms with van der Waals surface area (Å²) in [5.41, 5.74) is 12.1. The smallest absolute Gasteiger partial charge is 0.256 e. The van der Waals surface area contributed by atoms with Gasteiger partial charge >= 0.3 is 0 Å². The van der Waals surface area contributed by atoms with Crippen LogP contribution in [0.2, 0.25) is 0 Å². The summed E-state index contributed by atoms with van der Waals surface area (Å²) in [4.78, 5) is 0. The molecule has 6 N–H and O–H groups in total. The van der Waals surface area contributed by atoms with Gasteiger partial charge in [-0.3, -0.25) is 0 Å². The first-order valence-corrected chi connectivity index (χ1v) is 9.98. The van der Waals surface area contributed by atoms with Gasteiger partial charge in [-0.1, -0.05) is 0 Å². The van der Waals surface area contributed by atoms with Crippen LogP contribution in [-0.2, 0) is 0 Å². The summed E-state index contributed by atoms with van der Waals surface area (Å²) in [6.07, 6.45) is 5.63. The fourth-order valence-electron chi connectivity index (χ4n) is 5.74. The number of aromatic hydroxyl groups is 2. The summed E-state index contributed by atoms with van der Waals surface area (Å²) in [5.74, 6) is 2.27. The van der Waals surface area contributed by atoms with E-state index >= 15 is 0 Å². The van der Waals surface area contributed by atoms with Gasteiger partial charge in [0, 0.05) is 24.0 Å². The van der Waals surface area contributed by atoms with E-state index in [1.165, 1.54) is 6.42 Å². The predicted octanol–water partition coefficient (Wildman–Crippen LogP) is 3.87. The van der Waals surface area contributed by atoms with Crippen molar-refractivity contribution < 1.29 is 19.7 Å². The van der Waals surface area contributed by atoms with Gasteiger partial charge in [-0.25, -0.2) is 0 Å². The molecule has 0 heterocycles. The Hall–Kier alpha value is -2.76. The molecule has 4 aliphatic carbocycles. The molecule has 0 aromatic heterocycles. The van der Waals surface area contributed by atoms with Crippen LogP contribution in [0.3, 0.4) is 0 Å². The second-order valence-electron chi connectivity index (χ2n) is 8.67. The summed E-state index contributed by atoms with van der Waals surface area (Å²) < 4.78 is 13.1. The first-order chi connectivity index (χ1) is 13.4. The summed E-state index contributed by atoms with van der Waals surface area (Å²) in [5, 5.41) is 20.1. The fourth-order valence-corrected chi connectivity index (χ4v) is 5.74. The van der Waals surface area contributed by atoms with E-state index in [0.29, 0.717) is 22.9 Å². The molecule has 4 aliphatic rings. The van der Waals surface area contributed by atoms with E-state index < -0.39 is 5.79 Å². The Balaban J connectivity index is 1.54. The minimum absolute atomic E-state index is 0.00148. The van der Waals surface area contributed by atoms with Gasteiger partial charge in [-0.15, -0.1) is 0 Å². The maximum atomic E-state index is 10.0. The van der Waals surface area contributed by atoms with E-state index in [0.717, 1.165) is 37.5 Å². The zero-order chi connectivity index (χ0) is 19.5. The molecule has 6 nitrogen and oxygen atoms in total. The van der Waals surface area contributed by atoms with Gasteiger partial charge in [0.15, 0.2) is 0 Å². The third kappa shape index (κ3) is 2.70. The lowest BCUT2D eigenvalue weighted by atomic mass is 9.53. The Kier molecular flexibility index (Phi) is 3.79. The Bertz CT molecular complexity index is 830. The molecule has 0 unspecified atom stereocenters. The number of nitrogen functional groups attached to an aromatic ring is 2. The molecule has 4 fully saturated rings. The van der Waals surface area contributed by atoms with Gasteiger partial charge in [0.25, 0.3) is 5.79 Å². The molecule has 6 rings (SSSR count). The molecule has 0 atom stereocenters. The molecule has 28 heavy (non-hydrogen) atoms. The van der Waals surface area contributed by atoms with Gasteiger partial charge in [0.2, 0.25) is 0 Å². The Morgan fingerprint density at radius 1 is 0.714 bits per heavy atom. The number of hydrogen-bond donors (Lipinski definition) is 4. The van der Waals surface area contributed by atoms with E-state index in [1.54, 1.807) is 36.4 Å². The maximum absolute atomic E-state index is 10.0. The molecule has 0 spiro atoms. The van der Waals surface area contributed by atoms with Crippen LogP contribution in [0.15, 0.2) is 36.4 Å². The molecule has 2 aromatic carbocycles. The second-order valence-corrected chi connectivity index (χ2v) is 8.67. The number of hydrogen-bond acceptors (Lipinski definition) is 6. The third-order valence-corrected chi connectivity index (χ3v) is 6.83. The lowest BCUT2D eigenvalue weighted by molar-refractivity contribution is -0.260. The zero-order valence-electron chi connectivity index (χ0n) is 15.7. The summed E-state index contributed by atoms with van der Waals surface area (Å²) in [6, 6.07) is 9.92. The number of phenolic OH excluding ortho intramolecular Hbond substituents is 2. The van der Waals surface area contributed by atoms with Gasteiger partial charge in [0.05, 0.1) is 11.4 Å². The number of benzene rings is 2. The number of rotatable bonds is 4. The quantitative estimate of drug-likeness (QED) is 0.363. The first-order valence-electron chi connectivity index (χ1n) is 9.98. The van der Waals surface area contributed by atoms with E-state index in [9.17, 15) is 10.2 Å². The molecule has 148 valence electrons. The molecule has 0 saturated heterocycles. The van der Waals surface area contributed by atoms with E-state index in [1.807, 2.05) is 0 Å². The van der Waals surface area contributed by atoms with E-state index in [4.69, 9.17) is 20.9 Å². The van der Waals surface area contributed by atoms with Crippen molar-refractivity contribution in [2.45, 2.75) is 37.9 Å². The highest BCUT2D eigenvalue weighted by molar-refractivity contribution is 5.55. The van der Waals surface area contributed by atoms with Gasteiger partial charge in [-0.05, 0) is 68.2 Å². The van der Waals surface area contributed by atoms with E-state index in [2.05, 4.69) is 0 Å². The van der Waals surface area contributed by atoms with Crippen molar-refractivity contribution in [1.29, 1.82) is 0 Å². The van der Waals surface area contributed by atoms with Crippen LogP contribution in [0.4, 0.5) is 11.4 Å². The topological polar surface area (TPSA) is 111 Å². The number of nitrogens with two attached hydrogens (primary N) is 2. The van der Waals surface area contributed by atoms with Gasteiger partial charge < -0.3 is 31.2 Å². The average molecular weight is 382 g/mol. The molecular weight excluding hydrogens is 356 g/mol. The van der Waals surface area contributed by atoms with Crippen LogP contribution < -0.4 is 20.9 Å². The van der Waals surface area contributed by atoms with E-state index in [-0.39, 0.29) is 23.3 Å². The van der Waals surface area contributed by atoms with Crippen LogP contribution >= 0.6 is 0 Å². The molecule has 0 amide bonds. The van der Waals surface area contributed by atoms with Crippen LogP contribution in [-0.4, -0.2) is 16.0 Å². The minimum atomic E-state index is -0.821. The van der Waals surface area contributed by atoms with Crippen molar-refractivity contribution in [2.75, 3.05) is 11.5 Å². The fraction of sp³-hybridized carbons (Fsp3) is 0.455. The van der Waals surface area contributed by atoms with Crippen LogP contribution in [0.1, 0.15) is 32.1 Å². The third-order valence-electron chi connectivity index (χ3n) is 6.83. The summed E-state index contributed by atoms with van der Waals surface area (Å²) >= 11 is 0. The molecular formula is C22H26N2O4. The van der Waals surface area contributed by atoms with Crippen molar-refractivity contribution in [1.82, 2.24) is 0 Å². The SMILES string of the molecule is Nc1ccc(OC2(Oc3ccc(N)c(O)c3)C3CC4CC(C3)CC2C4)cc1O. The minimum Gasteiger partial charge on any atom is -0.506 e. The average Bonchev–Trinajstić information content (AvgIpc) is 2.65. The van der Waals surface area contributed by atoms with Crippen LogP contribution in [0.25, 0.3) is 0 Å². The lowest BCUT2D eigenvalue weighted by Gasteiger charge is -2.59. The number of ether oxygens (including phenoxy) is 2. The van der Waals surface area contributed by atoms with Crippen molar-refractivity contribution in [3.05, 3.63) is 36.4 Å². The Morgan fingerprint density at radius 3 is 1.54 bits per heavy atom. The molecule has 6 heteroatoms. The zero-order valence-corrected chi connectivity index (χ0v) is 15.7. The monoisotopic (exact) mass is 382 g/mol. The molecule has 4 bridgehead atoms. The second kappa shape index (κ2) is 6.12. The first kappa shape index (κ1) is 17.3. The van der Waals surface area contributed by atoms with Crippen LogP contribution in [0, 0.1) is 23.7 Å². The van der Waals surface area contributed by atoms with Crippen LogP contribution in [0.5, 0.6) is 23.0 Å². The molecule has 0 radical (unpaired) electrons. The standard InChI is InChI=1S/C22H26N2O4/c23-18-3-1-16(10-20(18)25)27-22(28-17-2-4-19(24)21(26)11-17)14-6-12-5-13(8-14)9-15(22)7-12/h1-4,10-15,25-26H,5-9,23-24H2. The molecule has 0 aliphatic heterocycles. The Morgan fingerprint density at radius 2 is 1.14 bits per heavy atom. The highest BCUT2D eigenvalue weighted by Gasteiger charge is 2.61. The van der Waals surface area contributed by atoms with Crippen molar-refractivity contribution in [2.24, 2.45) is 23.7 Å². The highest BCUT2D eigenvalue weighted by atomic mass is 16.7. The predicted molar refractivity (Wildman–Crippen MR) is 106 cm³/mol. The van der Waals surface area contributed by atoms with Gasteiger partial charge in [0.1, 0.15) is 23.0 Å². The largest absolute Gasteiger partial charge is 0.506 e. The lowest BCUT2D eigenvalue weighted by Crippen LogP contribution is -2.64. The molecule has 2 aromatic rings. The number of anilines is 2. The van der Waals surface area contributed by atoms with Crippen molar-refractivity contribution in [3.8, 4) is 23.0 Å². The molecule has 4 saturated carbocycles. The Labute approximate surface area is 164 Å².